The van der Waals surface area contributed by atoms with E-state index in [4.69, 9.17) is 0 Å². The molecule has 4 nitrogen and oxygen atoms in total. The monoisotopic (exact) mass is 227 g/mol. The molecule has 1 N–H and O–H groups in total. The van der Waals surface area contributed by atoms with Gasteiger partial charge < -0.3 is 10.0 Å². The van der Waals surface area contributed by atoms with Crippen molar-refractivity contribution in [3.8, 4) is 0 Å². The van der Waals surface area contributed by atoms with Crippen molar-refractivity contribution < 1.29 is 14.7 Å². The summed E-state index contributed by atoms with van der Waals surface area (Å²) in [5.74, 6) is -0.931. The number of carboxylic acids is 1. The van der Waals surface area contributed by atoms with E-state index in [2.05, 4.69) is 0 Å². The Hall–Kier alpha value is -1.06. The zero-order valence-electron chi connectivity index (χ0n) is 10.5. The van der Waals surface area contributed by atoms with Gasteiger partial charge in [-0.25, -0.2) is 4.79 Å². The molecule has 1 unspecified atom stereocenters. The third-order valence-corrected chi connectivity index (χ3v) is 3.36. The highest BCUT2D eigenvalue weighted by Crippen LogP contribution is 2.36. The van der Waals surface area contributed by atoms with Crippen LogP contribution >= 0.6 is 0 Å². The Morgan fingerprint density at radius 3 is 2.31 bits per heavy atom. The number of likely N-dealkylation sites (tertiary alicyclic amines) is 1. The quantitative estimate of drug-likeness (QED) is 0.783. The average Bonchev–Trinajstić information content (AvgIpc) is 2.59. The lowest BCUT2D eigenvalue weighted by Crippen LogP contribution is -2.55. The van der Waals surface area contributed by atoms with Crippen molar-refractivity contribution >= 4 is 11.9 Å². The molecule has 1 aliphatic rings. The van der Waals surface area contributed by atoms with Gasteiger partial charge in [-0.3, -0.25) is 4.79 Å². The predicted octanol–water partition coefficient (Wildman–Crippen LogP) is 1.89. The smallest absolute Gasteiger partial charge is 0.329 e. The van der Waals surface area contributed by atoms with Crippen molar-refractivity contribution in [2.75, 3.05) is 6.54 Å². The first-order valence-electron chi connectivity index (χ1n) is 5.81. The molecular formula is C12H21NO3. The summed E-state index contributed by atoms with van der Waals surface area (Å²) in [4.78, 5) is 25.2. The molecule has 1 amide bonds. The molecule has 1 rings (SSSR count). The zero-order chi connectivity index (χ0) is 12.6. The molecular weight excluding hydrogens is 206 g/mol. The number of carboxylic acid groups (broad SMARTS) is 1. The van der Waals surface area contributed by atoms with Gasteiger partial charge in [0, 0.05) is 12.0 Å². The molecule has 0 aromatic carbocycles. The first-order chi connectivity index (χ1) is 7.25. The van der Waals surface area contributed by atoms with E-state index in [-0.39, 0.29) is 5.91 Å². The molecule has 0 aromatic rings. The van der Waals surface area contributed by atoms with Gasteiger partial charge in [0.1, 0.15) is 5.54 Å². The van der Waals surface area contributed by atoms with Gasteiger partial charge in [-0.15, -0.1) is 0 Å². The molecule has 0 bridgehead atoms. The second-order valence-corrected chi connectivity index (χ2v) is 5.50. The molecule has 1 atom stereocenters. The van der Waals surface area contributed by atoms with E-state index >= 15 is 0 Å². The number of rotatable bonds is 2. The minimum absolute atomic E-state index is 0.0609. The lowest BCUT2D eigenvalue weighted by molar-refractivity contribution is -0.160. The van der Waals surface area contributed by atoms with E-state index in [9.17, 15) is 14.7 Å². The molecule has 0 aliphatic carbocycles. The minimum atomic E-state index is -0.968. The van der Waals surface area contributed by atoms with Gasteiger partial charge in [0.2, 0.25) is 5.91 Å². The first-order valence-corrected chi connectivity index (χ1v) is 5.81. The highest BCUT2D eigenvalue weighted by molar-refractivity contribution is 5.90. The standard InChI is InChI=1S/C12H21NO3/c1-5-12(10(15)16)7-6-8-13(12)9(14)11(2,3)4/h5-8H2,1-4H3,(H,15,16). The van der Waals surface area contributed by atoms with Crippen LogP contribution < -0.4 is 0 Å². The third-order valence-electron chi connectivity index (χ3n) is 3.36. The number of carbonyl (C=O) groups is 2. The molecule has 1 saturated heterocycles. The fraction of sp³-hybridized carbons (Fsp3) is 0.833. The van der Waals surface area contributed by atoms with Crippen LogP contribution in [0, 0.1) is 5.41 Å². The summed E-state index contributed by atoms with van der Waals surface area (Å²) in [5, 5.41) is 9.35. The Kier molecular flexibility index (Phi) is 3.31. The summed E-state index contributed by atoms with van der Waals surface area (Å²) in [6.07, 6.45) is 1.83. The van der Waals surface area contributed by atoms with E-state index < -0.39 is 16.9 Å². The number of aliphatic carboxylic acids is 1. The van der Waals surface area contributed by atoms with Crippen LogP contribution in [0.15, 0.2) is 0 Å². The summed E-state index contributed by atoms with van der Waals surface area (Å²) in [6, 6.07) is 0. The summed E-state index contributed by atoms with van der Waals surface area (Å²) in [6.45, 7) is 7.89. The second kappa shape index (κ2) is 4.07. The highest BCUT2D eigenvalue weighted by atomic mass is 16.4. The fourth-order valence-corrected chi connectivity index (χ4v) is 2.32. The van der Waals surface area contributed by atoms with E-state index in [1.54, 1.807) is 4.90 Å². The first kappa shape index (κ1) is 13.0. The number of carbonyl (C=O) groups excluding carboxylic acids is 1. The Bertz CT molecular complexity index is 306. The van der Waals surface area contributed by atoms with Crippen LogP contribution in [-0.4, -0.2) is 34.0 Å². The molecule has 1 aliphatic heterocycles. The average molecular weight is 227 g/mol. The zero-order valence-corrected chi connectivity index (χ0v) is 10.5. The summed E-state index contributed by atoms with van der Waals surface area (Å²) < 4.78 is 0. The molecule has 0 spiro atoms. The molecule has 92 valence electrons. The molecule has 4 heteroatoms. The molecule has 1 fully saturated rings. The lowest BCUT2D eigenvalue weighted by atomic mass is 9.88. The highest BCUT2D eigenvalue weighted by Gasteiger charge is 2.50. The third kappa shape index (κ3) is 1.93. The normalized spacial score (nSPS) is 25.9. The number of nitrogens with zero attached hydrogens (tertiary/aromatic N) is 1. The number of hydrogen-bond donors (Lipinski definition) is 1. The van der Waals surface area contributed by atoms with Crippen molar-refractivity contribution in [3.05, 3.63) is 0 Å². The Labute approximate surface area is 96.6 Å². The van der Waals surface area contributed by atoms with Gasteiger partial charge in [0.25, 0.3) is 0 Å². The van der Waals surface area contributed by atoms with Crippen molar-refractivity contribution in [3.63, 3.8) is 0 Å². The number of hydrogen-bond acceptors (Lipinski definition) is 2. The van der Waals surface area contributed by atoms with Crippen molar-refractivity contribution in [1.29, 1.82) is 0 Å². The van der Waals surface area contributed by atoms with Crippen LogP contribution in [0.4, 0.5) is 0 Å². The van der Waals surface area contributed by atoms with E-state index in [1.807, 2.05) is 27.7 Å². The minimum Gasteiger partial charge on any atom is -0.479 e. The van der Waals surface area contributed by atoms with Gasteiger partial charge in [0.15, 0.2) is 0 Å². The Morgan fingerprint density at radius 2 is 1.94 bits per heavy atom. The molecule has 16 heavy (non-hydrogen) atoms. The number of amides is 1. The van der Waals surface area contributed by atoms with Gasteiger partial charge >= 0.3 is 5.97 Å². The van der Waals surface area contributed by atoms with Gasteiger partial charge in [-0.05, 0) is 19.3 Å². The van der Waals surface area contributed by atoms with Crippen LogP contribution in [0.1, 0.15) is 47.0 Å². The Morgan fingerprint density at radius 1 is 1.38 bits per heavy atom. The van der Waals surface area contributed by atoms with E-state index in [1.165, 1.54) is 0 Å². The molecule has 0 saturated carbocycles. The van der Waals surface area contributed by atoms with Crippen LogP contribution in [-0.2, 0) is 9.59 Å². The van der Waals surface area contributed by atoms with Crippen molar-refractivity contribution in [2.24, 2.45) is 5.41 Å². The lowest BCUT2D eigenvalue weighted by Gasteiger charge is -2.37. The predicted molar refractivity (Wildman–Crippen MR) is 61.1 cm³/mol. The van der Waals surface area contributed by atoms with Crippen molar-refractivity contribution in [1.82, 2.24) is 4.90 Å². The van der Waals surface area contributed by atoms with Crippen LogP contribution in [0.3, 0.4) is 0 Å². The Balaban J connectivity index is 3.04. The summed E-state index contributed by atoms with van der Waals surface area (Å²) in [5.41, 5.74) is -1.48. The summed E-state index contributed by atoms with van der Waals surface area (Å²) in [7, 11) is 0. The molecule has 0 aromatic heterocycles. The van der Waals surface area contributed by atoms with Gasteiger partial charge in [0.05, 0.1) is 0 Å². The van der Waals surface area contributed by atoms with Crippen LogP contribution in [0.5, 0.6) is 0 Å². The summed E-state index contributed by atoms with van der Waals surface area (Å²) >= 11 is 0. The van der Waals surface area contributed by atoms with Gasteiger partial charge in [-0.2, -0.15) is 0 Å². The topological polar surface area (TPSA) is 57.6 Å². The maximum absolute atomic E-state index is 12.2. The van der Waals surface area contributed by atoms with Gasteiger partial charge in [-0.1, -0.05) is 27.7 Å². The SMILES string of the molecule is CCC1(C(=O)O)CCCN1C(=O)C(C)(C)C. The maximum Gasteiger partial charge on any atom is 0.329 e. The largest absolute Gasteiger partial charge is 0.479 e. The second-order valence-electron chi connectivity index (χ2n) is 5.50. The fourth-order valence-electron chi connectivity index (χ4n) is 2.32. The van der Waals surface area contributed by atoms with Crippen LogP contribution in [0.25, 0.3) is 0 Å². The van der Waals surface area contributed by atoms with Crippen molar-refractivity contribution in [2.45, 2.75) is 52.5 Å². The molecule has 0 radical (unpaired) electrons. The maximum atomic E-state index is 12.2. The van der Waals surface area contributed by atoms with Crippen LogP contribution in [0.2, 0.25) is 0 Å². The molecule has 1 heterocycles. The van der Waals surface area contributed by atoms with E-state index in [0.29, 0.717) is 19.4 Å². The van der Waals surface area contributed by atoms with E-state index in [0.717, 1.165) is 6.42 Å².